The Morgan fingerprint density at radius 2 is 2.20 bits per heavy atom. The molecule has 0 aromatic carbocycles. The Hall–Kier alpha value is -0.610. The lowest BCUT2D eigenvalue weighted by Crippen LogP contribution is -2.51. The van der Waals surface area contributed by atoms with Gasteiger partial charge in [0.05, 0.1) is 6.54 Å². The molecule has 2 aliphatic rings. The van der Waals surface area contributed by atoms with Crippen LogP contribution in [0.3, 0.4) is 0 Å². The number of carbonyl (C=O) groups is 1. The molecule has 116 valence electrons. The molecule has 0 aromatic heterocycles. The summed E-state index contributed by atoms with van der Waals surface area (Å²) in [6.07, 6.45) is 6.04. The average molecular weight is 281 g/mol. The summed E-state index contributed by atoms with van der Waals surface area (Å²) in [7, 11) is 0. The number of hydrogen-bond donors (Lipinski definition) is 1. The van der Waals surface area contributed by atoms with E-state index in [0.29, 0.717) is 24.4 Å². The van der Waals surface area contributed by atoms with Gasteiger partial charge in [0.25, 0.3) is 0 Å². The number of nitrogens with one attached hydrogen (secondary N) is 1. The van der Waals surface area contributed by atoms with Gasteiger partial charge < -0.3 is 10.2 Å². The summed E-state index contributed by atoms with van der Waals surface area (Å²) in [5.74, 6) is 1.01. The molecule has 0 aliphatic carbocycles. The molecule has 4 heteroatoms. The van der Waals surface area contributed by atoms with Crippen LogP contribution in [0, 0.1) is 5.92 Å². The van der Waals surface area contributed by atoms with E-state index in [4.69, 9.17) is 0 Å². The standard InChI is InChI=1S/C16H31N3O/c1-3-9-18(15-7-4-8-17-11-15)13-16(20)19-10-5-6-14(2)12-19/h14-15,17H,3-13H2,1-2H3. The molecule has 4 nitrogen and oxygen atoms in total. The van der Waals surface area contributed by atoms with Crippen molar-refractivity contribution in [2.45, 2.75) is 52.0 Å². The summed E-state index contributed by atoms with van der Waals surface area (Å²) in [4.78, 5) is 17.0. The van der Waals surface area contributed by atoms with Crippen LogP contribution in [0.25, 0.3) is 0 Å². The van der Waals surface area contributed by atoms with Gasteiger partial charge in [-0.15, -0.1) is 0 Å². The van der Waals surface area contributed by atoms with Crippen molar-refractivity contribution >= 4 is 5.91 Å². The number of amides is 1. The van der Waals surface area contributed by atoms with Crippen molar-refractivity contribution in [3.8, 4) is 0 Å². The minimum absolute atomic E-state index is 0.343. The third-order valence-corrected chi connectivity index (χ3v) is 4.65. The molecule has 2 heterocycles. The van der Waals surface area contributed by atoms with E-state index >= 15 is 0 Å². The Bertz CT molecular complexity index is 302. The molecule has 20 heavy (non-hydrogen) atoms. The second-order valence-electron chi connectivity index (χ2n) is 6.56. The number of carbonyl (C=O) groups excluding carboxylic acids is 1. The molecule has 2 fully saturated rings. The van der Waals surface area contributed by atoms with Crippen molar-refractivity contribution in [2.24, 2.45) is 5.92 Å². The highest BCUT2D eigenvalue weighted by Gasteiger charge is 2.26. The number of nitrogens with zero attached hydrogens (tertiary/aromatic N) is 2. The predicted octanol–water partition coefficient (Wildman–Crippen LogP) is 1.71. The zero-order valence-corrected chi connectivity index (χ0v) is 13.2. The molecule has 2 unspecified atom stereocenters. The molecule has 1 N–H and O–H groups in total. The maximum Gasteiger partial charge on any atom is 0.236 e. The van der Waals surface area contributed by atoms with Crippen molar-refractivity contribution in [1.82, 2.24) is 15.1 Å². The lowest BCUT2D eigenvalue weighted by atomic mass is 10.00. The van der Waals surface area contributed by atoms with Crippen LogP contribution in [0.4, 0.5) is 0 Å². The Morgan fingerprint density at radius 3 is 2.85 bits per heavy atom. The third-order valence-electron chi connectivity index (χ3n) is 4.65. The SMILES string of the molecule is CCCN(CC(=O)N1CCCC(C)C1)C1CCCNC1. The quantitative estimate of drug-likeness (QED) is 0.833. The van der Waals surface area contributed by atoms with Crippen LogP contribution in [-0.4, -0.2) is 61.0 Å². The predicted molar refractivity (Wildman–Crippen MR) is 82.7 cm³/mol. The monoisotopic (exact) mass is 281 g/mol. The molecule has 1 amide bonds. The minimum atomic E-state index is 0.343. The van der Waals surface area contributed by atoms with E-state index < -0.39 is 0 Å². The van der Waals surface area contributed by atoms with Crippen LogP contribution in [0.2, 0.25) is 0 Å². The Morgan fingerprint density at radius 1 is 1.35 bits per heavy atom. The van der Waals surface area contributed by atoms with Crippen molar-refractivity contribution in [1.29, 1.82) is 0 Å². The van der Waals surface area contributed by atoms with Crippen molar-refractivity contribution in [2.75, 3.05) is 39.3 Å². The van der Waals surface area contributed by atoms with Crippen molar-refractivity contribution in [3.63, 3.8) is 0 Å². The van der Waals surface area contributed by atoms with E-state index in [0.717, 1.165) is 39.1 Å². The highest BCUT2D eigenvalue weighted by Crippen LogP contribution is 2.17. The van der Waals surface area contributed by atoms with Gasteiger partial charge in [0.1, 0.15) is 0 Å². The largest absolute Gasteiger partial charge is 0.341 e. The molecule has 0 bridgehead atoms. The first-order chi connectivity index (χ1) is 9.70. The van der Waals surface area contributed by atoms with E-state index in [2.05, 4.69) is 29.0 Å². The number of rotatable bonds is 5. The summed E-state index contributed by atoms with van der Waals surface area (Å²) in [5, 5.41) is 3.47. The lowest BCUT2D eigenvalue weighted by Gasteiger charge is -2.37. The first-order valence-corrected chi connectivity index (χ1v) is 8.43. The lowest BCUT2D eigenvalue weighted by molar-refractivity contribution is -0.134. The fraction of sp³-hybridized carbons (Fsp3) is 0.938. The number of piperidine rings is 2. The van der Waals surface area contributed by atoms with Crippen LogP contribution in [-0.2, 0) is 4.79 Å². The number of hydrogen-bond acceptors (Lipinski definition) is 3. The summed E-state index contributed by atoms with van der Waals surface area (Å²) in [6.45, 7) is 10.2. The van der Waals surface area contributed by atoms with Crippen LogP contribution >= 0.6 is 0 Å². The number of likely N-dealkylation sites (tertiary alicyclic amines) is 1. The molecular formula is C16H31N3O. The van der Waals surface area contributed by atoms with E-state index in [9.17, 15) is 4.79 Å². The topological polar surface area (TPSA) is 35.6 Å². The van der Waals surface area contributed by atoms with E-state index in [1.807, 2.05) is 0 Å². The van der Waals surface area contributed by atoms with Gasteiger partial charge in [-0.1, -0.05) is 13.8 Å². The van der Waals surface area contributed by atoms with Gasteiger partial charge in [-0.05, 0) is 51.1 Å². The Labute approximate surface area is 123 Å². The summed E-state index contributed by atoms with van der Waals surface area (Å²) >= 11 is 0. The average Bonchev–Trinajstić information content (AvgIpc) is 2.47. The fourth-order valence-corrected chi connectivity index (χ4v) is 3.51. The second-order valence-corrected chi connectivity index (χ2v) is 6.56. The maximum atomic E-state index is 12.5. The maximum absolute atomic E-state index is 12.5. The summed E-state index contributed by atoms with van der Waals surface area (Å²) < 4.78 is 0. The summed E-state index contributed by atoms with van der Waals surface area (Å²) in [5.41, 5.74) is 0. The highest BCUT2D eigenvalue weighted by atomic mass is 16.2. The summed E-state index contributed by atoms with van der Waals surface area (Å²) in [6, 6.07) is 0.551. The van der Waals surface area contributed by atoms with Crippen molar-refractivity contribution in [3.05, 3.63) is 0 Å². The fourth-order valence-electron chi connectivity index (χ4n) is 3.51. The molecule has 2 atom stereocenters. The molecule has 2 aliphatic heterocycles. The Balaban J connectivity index is 1.87. The normalized spacial score (nSPS) is 27.9. The Kier molecular flexibility index (Phi) is 6.30. The highest BCUT2D eigenvalue weighted by molar-refractivity contribution is 5.78. The molecule has 2 saturated heterocycles. The molecule has 0 radical (unpaired) electrons. The van der Waals surface area contributed by atoms with Crippen LogP contribution in [0.5, 0.6) is 0 Å². The van der Waals surface area contributed by atoms with Gasteiger partial charge in [0.2, 0.25) is 5.91 Å². The van der Waals surface area contributed by atoms with Gasteiger partial charge in [0.15, 0.2) is 0 Å². The van der Waals surface area contributed by atoms with Crippen LogP contribution in [0.15, 0.2) is 0 Å². The van der Waals surface area contributed by atoms with Gasteiger partial charge in [0, 0.05) is 25.7 Å². The molecular weight excluding hydrogens is 250 g/mol. The van der Waals surface area contributed by atoms with Gasteiger partial charge in [-0.3, -0.25) is 9.69 Å². The van der Waals surface area contributed by atoms with Crippen molar-refractivity contribution < 1.29 is 4.79 Å². The molecule has 0 aromatic rings. The zero-order chi connectivity index (χ0) is 14.4. The first-order valence-electron chi connectivity index (χ1n) is 8.43. The van der Waals surface area contributed by atoms with Gasteiger partial charge in [-0.2, -0.15) is 0 Å². The van der Waals surface area contributed by atoms with E-state index in [-0.39, 0.29) is 0 Å². The molecule has 0 saturated carbocycles. The van der Waals surface area contributed by atoms with Gasteiger partial charge >= 0.3 is 0 Å². The second kappa shape index (κ2) is 7.99. The van der Waals surface area contributed by atoms with E-state index in [1.54, 1.807) is 0 Å². The smallest absolute Gasteiger partial charge is 0.236 e. The molecule has 0 spiro atoms. The zero-order valence-electron chi connectivity index (χ0n) is 13.2. The third kappa shape index (κ3) is 4.45. The van der Waals surface area contributed by atoms with E-state index in [1.165, 1.54) is 25.7 Å². The van der Waals surface area contributed by atoms with Crippen LogP contribution in [0.1, 0.15) is 46.0 Å². The van der Waals surface area contributed by atoms with Gasteiger partial charge in [-0.25, -0.2) is 0 Å². The molecule has 2 rings (SSSR count). The van der Waals surface area contributed by atoms with Crippen LogP contribution < -0.4 is 5.32 Å². The first kappa shape index (κ1) is 15.8. The minimum Gasteiger partial charge on any atom is -0.341 e.